The summed E-state index contributed by atoms with van der Waals surface area (Å²) in [5.41, 5.74) is 0. The van der Waals surface area contributed by atoms with E-state index in [1.165, 1.54) is 122 Å². The molecule has 6 nitrogen and oxygen atoms in total. The van der Waals surface area contributed by atoms with Crippen molar-refractivity contribution in [2.24, 2.45) is 0 Å². The lowest BCUT2D eigenvalue weighted by molar-refractivity contribution is -0.167. The van der Waals surface area contributed by atoms with Crippen LogP contribution in [0.2, 0.25) is 0 Å². The zero-order valence-corrected chi connectivity index (χ0v) is 51.6. The molecule has 0 saturated carbocycles. The summed E-state index contributed by atoms with van der Waals surface area (Å²) in [4.78, 5) is 38.4. The molecule has 1 unspecified atom stereocenters. The minimum atomic E-state index is -0.797. The van der Waals surface area contributed by atoms with Crippen LogP contribution in [0.15, 0.2) is 122 Å². The molecule has 0 aromatic carbocycles. The number of carbonyl (C=O) groups is 3. The van der Waals surface area contributed by atoms with Gasteiger partial charge in [-0.15, -0.1) is 0 Å². The molecule has 0 spiro atoms. The number of unbranched alkanes of at least 4 members (excludes halogenated alkanes) is 28. The molecule has 79 heavy (non-hydrogen) atoms. The van der Waals surface area contributed by atoms with Crippen molar-refractivity contribution in [3.63, 3.8) is 0 Å². The first kappa shape index (κ1) is 74.8. The molecule has 0 heterocycles. The molecule has 1 atom stereocenters. The molecule has 0 aromatic heterocycles. The molecule has 0 bridgehead atoms. The van der Waals surface area contributed by atoms with E-state index < -0.39 is 6.10 Å². The molecule has 0 fully saturated rings. The van der Waals surface area contributed by atoms with Gasteiger partial charge in [-0.1, -0.05) is 277 Å². The van der Waals surface area contributed by atoms with Crippen LogP contribution in [0.25, 0.3) is 0 Å². The highest BCUT2D eigenvalue weighted by atomic mass is 16.6. The van der Waals surface area contributed by atoms with Crippen LogP contribution in [0.3, 0.4) is 0 Å². The van der Waals surface area contributed by atoms with Crippen molar-refractivity contribution < 1.29 is 28.6 Å². The Labute approximate surface area is 488 Å². The van der Waals surface area contributed by atoms with E-state index in [1.54, 1.807) is 0 Å². The number of ether oxygens (including phenoxy) is 3. The third kappa shape index (κ3) is 64.5. The van der Waals surface area contributed by atoms with E-state index in [9.17, 15) is 14.4 Å². The molecule has 0 aromatic rings. The maximum Gasteiger partial charge on any atom is 0.306 e. The fourth-order valence-electron chi connectivity index (χ4n) is 9.04. The average molecular weight is 1100 g/mol. The highest BCUT2D eigenvalue weighted by molar-refractivity contribution is 5.71. The Morgan fingerprint density at radius 3 is 0.785 bits per heavy atom. The Kier molecular flexibility index (Phi) is 62.8. The minimum absolute atomic E-state index is 0.0903. The van der Waals surface area contributed by atoms with Crippen LogP contribution in [0, 0.1) is 0 Å². The van der Waals surface area contributed by atoms with Crippen molar-refractivity contribution >= 4 is 17.9 Å². The summed E-state index contributed by atoms with van der Waals surface area (Å²) in [6.07, 6.45) is 92.0. The standard InChI is InChI=1S/C73H122O6/c1-4-7-10-13-16-19-22-25-28-31-34-36-39-42-45-48-51-54-57-60-63-66-72(75)78-69-70(68-77-71(74)65-62-59-56-53-50-47-44-41-38-33-30-27-24-21-18-15-12-9-6-3)79-73(76)67-64-61-58-55-52-49-46-43-40-37-35-32-29-26-23-20-17-14-11-8-5-2/h7-8,10-11,16-17,19-20,25-30,34-37,42,45,70H,4-6,9,12-15,18,21-24,31-33,38-41,43-44,46-69H2,1-3H3/b10-7-,11-8-,19-16-,20-17-,28-25-,29-26-,30-27-,36-34-,37-35-,45-42-. The molecule has 0 aliphatic heterocycles. The van der Waals surface area contributed by atoms with Gasteiger partial charge in [-0.25, -0.2) is 0 Å². The number of allylic oxidation sites excluding steroid dienone is 20. The van der Waals surface area contributed by atoms with Gasteiger partial charge in [0.05, 0.1) is 0 Å². The first-order valence-corrected chi connectivity index (χ1v) is 33.0. The summed E-state index contributed by atoms with van der Waals surface area (Å²) in [5.74, 6) is -0.912. The first-order valence-electron chi connectivity index (χ1n) is 33.0. The largest absolute Gasteiger partial charge is 0.462 e. The van der Waals surface area contributed by atoms with Crippen molar-refractivity contribution in [3.05, 3.63) is 122 Å². The van der Waals surface area contributed by atoms with Crippen molar-refractivity contribution in [1.29, 1.82) is 0 Å². The van der Waals surface area contributed by atoms with Gasteiger partial charge < -0.3 is 14.2 Å². The number of carbonyl (C=O) groups excluding carboxylic acids is 3. The van der Waals surface area contributed by atoms with Crippen LogP contribution < -0.4 is 0 Å². The second kappa shape index (κ2) is 66.3. The highest BCUT2D eigenvalue weighted by Crippen LogP contribution is 2.16. The minimum Gasteiger partial charge on any atom is -0.462 e. The van der Waals surface area contributed by atoms with Crippen molar-refractivity contribution in [2.45, 2.75) is 309 Å². The van der Waals surface area contributed by atoms with Gasteiger partial charge in [0, 0.05) is 19.3 Å². The lowest BCUT2D eigenvalue weighted by Crippen LogP contribution is -2.30. The van der Waals surface area contributed by atoms with Crippen molar-refractivity contribution in [2.75, 3.05) is 13.2 Å². The van der Waals surface area contributed by atoms with Gasteiger partial charge in [0.1, 0.15) is 13.2 Å². The summed E-state index contributed by atoms with van der Waals surface area (Å²) in [7, 11) is 0. The lowest BCUT2D eigenvalue weighted by Gasteiger charge is -2.18. The molecule has 0 saturated heterocycles. The van der Waals surface area contributed by atoms with Gasteiger partial charge in [0.2, 0.25) is 0 Å². The van der Waals surface area contributed by atoms with Crippen LogP contribution >= 0.6 is 0 Å². The summed E-state index contributed by atoms with van der Waals surface area (Å²) in [6, 6.07) is 0. The van der Waals surface area contributed by atoms with E-state index in [-0.39, 0.29) is 31.1 Å². The van der Waals surface area contributed by atoms with Gasteiger partial charge in [0.25, 0.3) is 0 Å². The topological polar surface area (TPSA) is 78.9 Å². The van der Waals surface area contributed by atoms with Gasteiger partial charge in [-0.2, -0.15) is 0 Å². The number of rotatable bonds is 59. The molecule has 0 aliphatic carbocycles. The van der Waals surface area contributed by atoms with E-state index in [2.05, 4.69) is 142 Å². The number of hydrogen-bond acceptors (Lipinski definition) is 6. The first-order chi connectivity index (χ1) is 39.0. The van der Waals surface area contributed by atoms with Gasteiger partial charge in [0.15, 0.2) is 6.10 Å². The van der Waals surface area contributed by atoms with E-state index in [0.29, 0.717) is 19.3 Å². The van der Waals surface area contributed by atoms with Crippen LogP contribution in [0.5, 0.6) is 0 Å². The summed E-state index contributed by atoms with van der Waals surface area (Å²) in [6.45, 7) is 6.41. The van der Waals surface area contributed by atoms with E-state index in [4.69, 9.17) is 14.2 Å². The smallest absolute Gasteiger partial charge is 0.306 e. The Hall–Kier alpha value is -4.19. The van der Waals surface area contributed by atoms with Gasteiger partial charge in [-0.3, -0.25) is 14.4 Å². The van der Waals surface area contributed by atoms with E-state index in [0.717, 1.165) is 141 Å². The van der Waals surface area contributed by atoms with Crippen LogP contribution in [0.4, 0.5) is 0 Å². The number of hydrogen-bond donors (Lipinski definition) is 0. The normalized spacial score (nSPS) is 12.9. The summed E-state index contributed by atoms with van der Waals surface area (Å²) in [5, 5.41) is 0. The molecule has 450 valence electrons. The SMILES string of the molecule is CC/C=C\C/C=C\C/C=C\C/C=C\C/C=C\CCCCCCCC(=O)OCC(COC(=O)CCCCCCCCCCC/C=C\CCCCCCCC)OC(=O)CCCCCCCCCC/C=C\C/C=C\C/C=C\C/C=C\CC. The molecule has 0 radical (unpaired) electrons. The Bertz CT molecular complexity index is 1640. The third-order valence-corrected chi connectivity index (χ3v) is 13.9. The maximum absolute atomic E-state index is 12.9. The van der Waals surface area contributed by atoms with Crippen LogP contribution in [0.1, 0.15) is 303 Å². The average Bonchev–Trinajstić information content (AvgIpc) is 3.45. The van der Waals surface area contributed by atoms with Gasteiger partial charge in [-0.05, 0) is 128 Å². The fraction of sp³-hybridized carbons (Fsp3) is 0.685. The highest BCUT2D eigenvalue weighted by Gasteiger charge is 2.19. The molecule has 0 N–H and O–H groups in total. The molecular formula is C73H122O6. The number of esters is 3. The molecule has 0 aliphatic rings. The van der Waals surface area contributed by atoms with E-state index >= 15 is 0 Å². The van der Waals surface area contributed by atoms with Crippen LogP contribution in [-0.2, 0) is 28.6 Å². The summed E-state index contributed by atoms with van der Waals surface area (Å²) < 4.78 is 17.0. The molecular weight excluding hydrogens is 973 g/mol. The zero-order valence-electron chi connectivity index (χ0n) is 51.6. The predicted octanol–water partition coefficient (Wildman–Crippen LogP) is 22.8. The second-order valence-electron chi connectivity index (χ2n) is 21.6. The Morgan fingerprint density at radius 1 is 0.266 bits per heavy atom. The second-order valence-corrected chi connectivity index (χ2v) is 21.6. The van der Waals surface area contributed by atoms with Crippen molar-refractivity contribution in [3.8, 4) is 0 Å². The zero-order chi connectivity index (χ0) is 57.1. The van der Waals surface area contributed by atoms with E-state index in [1.807, 2.05) is 0 Å². The molecule has 6 heteroatoms. The molecule has 0 amide bonds. The fourth-order valence-corrected chi connectivity index (χ4v) is 9.04. The van der Waals surface area contributed by atoms with Crippen molar-refractivity contribution in [1.82, 2.24) is 0 Å². The maximum atomic E-state index is 12.9. The Morgan fingerprint density at radius 2 is 0.494 bits per heavy atom. The monoisotopic (exact) mass is 1090 g/mol. The lowest BCUT2D eigenvalue weighted by atomic mass is 10.1. The summed E-state index contributed by atoms with van der Waals surface area (Å²) >= 11 is 0. The Balaban J connectivity index is 4.45. The third-order valence-electron chi connectivity index (χ3n) is 13.9. The van der Waals surface area contributed by atoms with Gasteiger partial charge >= 0.3 is 17.9 Å². The quantitative estimate of drug-likeness (QED) is 0.0261. The predicted molar refractivity (Wildman–Crippen MR) is 343 cm³/mol. The van der Waals surface area contributed by atoms with Crippen LogP contribution in [-0.4, -0.2) is 37.2 Å². The molecule has 0 rings (SSSR count).